The third-order valence-corrected chi connectivity index (χ3v) is 3.24. The minimum Gasteiger partial charge on any atom is -0.493 e. The Hall–Kier alpha value is -3.03. The van der Waals surface area contributed by atoms with E-state index in [0.29, 0.717) is 28.8 Å². The van der Waals surface area contributed by atoms with Crippen molar-refractivity contribution < 1.29 is 19.0 Å². The number of rotatable bonds is 7. The van der Waals surface area contributed by atoms with Gasteiger partial charge in [-0.1, -0.05) is 0 Å². The maximum atomic E-state index is 11.9. The van der Waals surface area contributed by atoms with Crippen LogP contribution in [-0.2, 0) is 0 Å². The number of methoxy groups -OCH3 is 3. The molecule has 2 aromatic rings. The highest BCUT2D eigenvalue weighted by molar-refractivity contribution is 5.92. The van der Waals surface area contributed by atoms with E-state index in [1.54, 1.807) is 33.5 Å². The molecule has 2 N–H and O–H groups in total. The van der Waals surface area contributed by atoms with E-state index >= 15 is 0 Å². The van der Waals surface area contributed by atoms with Crippen LogP contribution in [0.3, 0.4) is 0 Å². The van der Waals surface area contributed by atoms with Crippen LogP contribution in [0.15, 0.2) is 24.5 Å². The van der Waals surface area contributed by atoms with Crippen molar-refractivity contribution in [2.45, 2.75) is 19.9 Å². The van der Waals surface area contributed by atoms with Crippen molar-refractivity contribution in [3.63, 3.8) is 0 Å². The van der Waals surface area contributed by atoms with E-state index in [1.807, 2.05) is 13.8 Å². The van der Waals surface area contributed by atoms with Gasteiger partial charge >= 0.3 is 0 Å². The molecule has 1 aromatic carbocycles. The SMILES string of the molecule is COc1cc(Nc2cnc(C(=O)NC(C)C)cn2)cc(OC)c1OC. The summed E-state index contributed by atoms with van der Waals surface area (Å²) in [7, 11) is 4.63. The van der Waals surface area contributed by atoms with Crippen molar-refractivity contribution in [3.05, 3.63) is 30.2 Å². The summed E-state index contributed by atoms with van der Waals surface area (Å²) in [6, 6.07) is 3.54. The molecule has 0 aliphatic carbocycles. The molecule has 0 saturated carbocycles. The van der Waals surface area contributed by atoms with Crippen molar-refractivity contribution in [1.29, 1.82) is 0 Å². The topological polar surface area (TPSA) is 94.6 Å². The summed E-state index contributed by atoms with van der Waals surface area (Å²) < 4.78 is 15.9. The van der Waals surface area contributed by atoms with Crippen LogP contribution >= 0.6 is 0 Å². The first-order valence-electron chi connectivity index (χ1n) is 7.68. The number of ether oxygens (including phenoxy) is 3. The third kappa shape index (κ3) is 4.50. The third-order valence-electron chi connectivity index (χ3n) is 3.24. The molecule has 0 saturated heterocycles. The highest BCUT2D eigenvalue weighted by Gasteiger charge is 2.14. The standard InChI is InChI=1S/C17H22N4O4/c1-10(2)20-17(22)12-8-19-15(9-18-12)21-11-6-13(23-3)16(25-5)14(7-11)24-4/h6-10H,1-5H3,(H,19,21)(H,20,22). The van der Waals surface area contributed by atoms with E-state index in [0.717, 1.165) is 0 Å². The van der Waals surface area contributed by atoms with Crippen LogP contribution in [0, 0.1) is 0 Å². The molecular formula is C17H22N4O4. The fraction of sp³-hybridized carbons (Fsp3) is 0.353. The molecule has 25 heavy (non-hydrogen) atoms. The summed E-state index contributed by atoms with van der Waals surface area (Å²) in [4.78, 5) is 20.2. The molecule has 134 valence electrons. The number of amides is 1. The normalized spacial score (nSPS) is 10.3. The number of aromatic nitrogens is 2. The molecular weight excluding hydrogens is 324 g/mol. The largest absolute Gasteiger partial charge is 0.493 e. The van der Waals surface area contributed by atoms with E-state index in [4.69, 9.17) is 14.2 Å². The minimum absolute atomic E-state index is 0.0336. The molecule has 0 aliphatic heterocycles. The van der Waals surface area contributed by atoms with Crippen LogP contribution in [0.1, 0.15) is 24.3 Å². The quantitative estimate of drug-likeness (QED) is 0.795. The van der Waals surface area contributed by atoms with Crippen molar-refractivity contribution in [2.75, 3.05) is 26.6 Å². The van der Waals surface area contributed by atoms with Crippen molar-refractivity contribution in [3.8, 4) is 17.2 Å². The van der Waals surface area contributed by atoms with Gasteiger partial charge in [-0.2, -0.15) is 0 Å². The van der Waals surface area contributed by atoms with Gasteiger partial charge in [0.2, 0.25) is 5.75 Å². The zero-order valence-corrected chi connectivity index (χ0v) is 14.9. The molecule has 0 spiro atoms. The maximum Gasteiger partial charge on any atom is 0.271 e. The summed E-state index contributed by atoms with van der Waals surface area (Å²) in [5.74, 6) is 1.76. The predicted octanol–water partition coefficient (Wildman–Crippen LogP) is 2.38. The lowest BCUT2D eigenvalue weighted by Gasteiger charge is -2.14. The summed E-state index contributed by atoms with van der Waals surface area (Å²) in [6.45, 7) is 3.76. The second kappa shape index (κ2) is 8.18. The molecule has 0 atom stereocenters. The number of nitrogens with zero attached hydrogens (tertiary/aromatic N) is 2. The second-order valence-electron chi connectivity index (χ2n) is 5.45. The Bertz CT molecular complexity index is 707. The highest BCUT2D eigenvalue weighted by Crippen LogP contribution is 2.40. The van der Waals surface area contributed by atoms with Gasteiger partial charge in [-0.15, -0.1) is 0 Å². The number of hydrogen-bond donors (Lipinski definition) is 2. The fourth-order valence-corrected chi connectivity index (χ4v) is 2.15. The Balaban J connectivity index is 2.21. The molecule has 2 rings (SSSR count). The predicted molar refractivity (Wildman–Crippen MR) is 94.0 cm³/mol. The molecule has 0 fully saturated rings. The van der Waals surface area contributed by atoms with Crippen LogP contribution in [0.4, 0.5) is 11.5 Å². The minimum atomic E-state index is -0.262. The number of carbonyl (C=O) groups excluding carboxylic acids is 1. The monoisotopic (exact) mass is 346 g/mol. The van der Waals surface area contributed by atoms with Gasteiger partial charge in [-0.3, -0.25) is 4.79 Å². The number of anilines is 2. The summed E-state index contributed by atoms with van der Waals surface area (Å²) >= 11 is 0. The maximum absolute atomic E-state index is 11.9. The number of nitrogens with one attached hydrogen (secondary N) is 2. The first-order chi connectivity index (χ1) is 12.0. The first kappa shape index (κ1) is 18.3. The van der Waals surface area contributed by atoms with Gasteiger partial charge in [0.1, 0.15) is 11.5 Å². The number of benzene rings is 1. The lowest BCUT2D eigenvalue weighted by molar-refractivity contribution is 0.0937. The molecule has 1 aromatic heterocycles. The van der Waals surface area contributed by atoms with Crippen molar-refractivity contribution in [2.24, 2.45) is 0 Å². The van der Waals surface area contributed by atoms with E-state index < -0.39 is 0 Å². The average Bonchev–Trinajstić information content (AvgIpc) is 2.60. The van der Waals surface area contributed by atoms with Crippen LogP contribution in [0.2, 0.25) is 0 Å². The number of carbonyl (C=O) groups is 1. The molecule has 0 unspecified atom stereocenters. The van der Waals surface area contributed by atoms with Crippen LogP contribution in [0.25, 0.3) is 0 Å². The summed E-state index contributed by atoms with van der Waals surface area (Å²) in [5, 5.41) is 5.85. The Kier molecular flexibility index (Phi) is 5.99. The van der Waals surface area contributed by atoms with Crippen LogP contribution in [-0.4, -0.2) is 43.2 Å². The van der Waals surface area contributed by atoms with E-state index in [9.17, 15) is 4.79 Å². The van der Waals surface area contributed by atoms with E-state index in [1.165, 1.54) is 12.4 Å². The van der Waals surface area contributed by atoms with Gasteiger partial charge in [-0.25, -0.2) is 9.97 Å². The van der Waals surface area contributed by atoms with E-state index in [2.05, 4.69) is 20.6 Å². The van der Waals surface area contributed by atoms with Crippen molar-refractivity contribution >= 4 is 17.4 Å². The summed E-state index contributed by atoms with van der Waals surface area (Å²) in [6.07, 6.45) is 2.90. The van der Waals surface area contributed by atoms with Gasteiger partial charge in [-0.05, 0) is 13.8 Å². The molecule has 0 radical (unpaired) electrons. The molecule has 8 nitrogen and oxygen atoms in total. The van der Waals surface area contributed by atoms with Crippen LogP contribution in [0.5, 0.6) is 17.2 Å². The molecule has 0 bridgehead atoms. The molecule has 0 aliphatic rings. The second-order valence-corrected chi connectivity index (χ2v) is 5.45. The zero-order chi connectivity index (χ0) is 18.4. The van der Waals surface area contributed by atoms with Crippen LogP contribution < -0.4 is 24.8 Å². The van der Waals surface area contributed by atoms with Gasteiger partial charge in [0.25, 0.3) is 5.91 Å². The Morgan fingerprint density at radius 1 is 1.00 bits per heavy atom. The number of hydrogen-bond acceptors (Lipinski definition) is 7. The molecule has 1 amide bonds. The first-order valence-corrected chi connectivity index (χ1v) is 7.68. The zero-order valence-electron chi connectivity index (χ0n) is 14.9. The van der Waals surface area contributed by atoms with Gasteiger partial charge in [0, 0.05) is 23.9 Å². The average molecular weight is 346 g/mol. The van der Waals surface area contributed by atoms with Gasteiger partial charge < -0.3 is 24.8 Å². The van der Waals surface area contributed by atoms with Gasteiger partial charge in [0.15, 0.2) is 11.5 Å². The summed E-state index contributed by atoms with van der Waals surface area (Å²) in [5.41, 5.74) is 0.937. The lowest BCUT2D eigenvalue weighted by Crippen LogP contribution is -2.30. The fourth-order valence-electron chi connectivity index (χ4n) is 2.15. The highest BCUT2D eigenvalue weighted by atomic mass is 16.5. The van der Waals surface area contributed by atoms with Gasteiger partial charge in [0.05, 0.1) is 33.7 Å². The Morgan fingerprint density at radius 3 is 2.08 bits per heavy atom. The van der Waals surface area contributed by atoms with Crippen molar-refractivity contribution in [1.82, 2.24) is 15.3 Å². The Morgan fingerprint density at radius 2 is 1.64 bits per heavy atom. The molecule has 1 heterocycles. The smallest absolute Gasteiger partial charge is 0.271 e. The van der Waals surface area contributed by atoms with E-state index in [-0.39, 0.29) is 17.6 Å². The lowest BCUT2D eigenvalue weighted by atomic mass is 10.2. The molecule has 8 heteroatoms. The Labute approximate surface area is 146 Å².